The summed E-state index contributed by atoms with van der Waals surface area (Å²) in [7, 11) is 1.82. The van der Waals surface area contributed by atoms with Crippen LogP contribution in [0.25, 0.3) is 0 Å². The summed E-state index contributed by atoms with van der Waals surface area (Å²) in [6.07, 6.45) is 7.89. The Hall–Kier alpha value is -0.610. The molecule has 1 aliphatic carbocycles. The number of nitrogens with zero attached hydrogens (tertiary/aromatic N) is 1. The molecule has 2 fully saturated rings. The summed E-state index contributed by atoms with van der Waals surface area (Å²) in [6.45, 7) is 1.32. The molecule has 2 N–H and O–H groups in total. The topological polar surface area (TPSA) is 52.6 Å². The van der Waals surface area contributed by atoms with Gasteiger partial charge >= 0.3 is 0 Å². The minimum atomic E-state index is -0.409. The zero-order valence-corrected chi connectivity index (χ0v) is 11.4. The van der Waals surface area contributed by atoms with Crippen LogP contribution in [0.15, 0.2) is 0 Å². The molecule has 1 aliphatic heterocycles. The molecule has 2 aliphatic rings. The minimum absolute atomic E-state index is 0.0381. The van der Waals surface area contributed by atoms with Crippen molar-refractivity contribution < 1.29 is 9.90 Å². The van der Waals surface area contributed by atoms with Gasteiger partial charge in [-0.25, -0.2) is 0 Å². The van der Waals surface area contributed by atoms with Crippen molar-refractivity contribution in [3.63, 3.8) is 0 Å². The Balaban J connectivity index is 1.73. The van der Waals surface area contributed by atoms with Crippen LogP contribution in [0.3, 0.4) is 0 Å². The fourth-order valence-corrected chi connectivity index (χ4v) is 3.21. The summed E-state index contributed by atoms with van der Waals surface area (Å²) in [5.41, 5.74) is 0. The molecule has 0 radical (unpaired) electrons. The van der Waals surface area contributed by atoms with Crippen LogP contribution in [0.5, 0.6) is 0 Å². The summed E-state index contributed by atoms with van der Waals surface area (Å²) < 4.78 is 0. The van der Waals surface area contributed by atoms with Gasteiger partial charge in [-0.15, -0.1) is 0 Å². The Morgan fingerprint density at radius 1 is 1.28 bits per heavy atom. The standard InChI is InChI=1S/C14H26N2O2/c1-16(12-9-15-10-13(12)17)14(18)8-7-11-5-3-2-4-6-11/h11-13,15,17H,2-10H2,1H3/t12-,13-/m0/s1. The lowest BCUT2D eigenvalue weighted by Gasteiger charge is -2.28. The van der Waals surface area contributed by atoms with Gasteiger partial charge in [0.1, 0.15) is 0 Å². The lowest BCUT2D eigenvalue weighted by Crippen LogP contribution is -2.44. The monoisotopic (exact) mass is 254 g/mol. The van der Waals surface area contributed by atoms with E-state index in [1.165, 1.54) is 32.1 Å². The highest BCUT2D eigenvalue weighted by atomic mass is 16.3. The maximum Gasteiger partial charge on any atom is 0.222 e. The highest BCUT2D eigenvalue weighted by molar-refractivity contribution is 5.76. The smallest absolute Gasteiger partial charge is 0.222 e. The third kappa shape index (κ3) is 3.45. The molecule has 0 aromatic heterocycles. The number of likely N-dealkylation sites (N-methyl/N-ethyl adjacent to an activating group) is 1. The van der Waals surface area contributed by atoms with Crippen LogP contribution in [-0.2, 0) is 4.79 Å². The van der Waals surface area contributed by atoms with Gasteiger partial charge in [-0.3, -0.25) is 4.79 Å². The first-order chi connectivity index (χ1) is 8.68. The minimum Gasteiger partial charge on any atom is -0.390 e. The van der Waals surface area contributed by atoms with Crippen molar-refractivity contribution in [1.82, 2.24) is 10.2 Å². The lowest BCUT2D eigenvalue weighted by atomic mass is 9.86. The number of rotatable bonds is 4. The van der Waals surface area contributed by atoms with Crippen LogP contribution < -0.4 is 5.32 Å². The van der Waals surface area contributed by atoms with Crippen LogP contribution in [-0.4, -0.2) is 48.2 Å². The van der Waals surface area contributed by atoms with E-state index in [1.807, 2.05) is 7.05 Å². The summed E-state index contributed by atoms with van der Waals surface area (Å²) in [6, 6.07) is -0.0381. The van der Waals surface area contributed by atoms with Gasteiger partial charge in [0, 0.05) is 26.6 Å². The highest BCUT2D eigenvalue weighted by Gasteiger charge is 2.31. The second kappa shape index (κ2) is 6.53. The first kappa shape index (κ1) is 13.8. The number of β-amino-alcohol motifs (C(OH)–C–C–N with tert-alkyl or cyclic N) is 1. The molecule has 4 heteroatoms. The number of carbonyl (C=O) groups excluding carboxylic acids is 1. The number of aliphatic hydroxyl groups excluding tert-OH is 1. The molecule has 0 unspecified atom stereocenters. The average Bonchev–Trinajstić information content (AvgIpc) is 2.82. The van der Waals surface area contributed by atoms with Gasteiger partial charge in [0.2, 0.25) is 5.91 Å². The molecule has 1 heterocycles. The maximum atomic E-state index is 12.1. The van der Waals surface area contributed by atoms with Crippen molar-refractivity contribution in [3.05, 3.63) is 0 Å². The number of amides is 1. The summed E-state index contributed by atoms with van der Waals surface area (Å²) in [4.78, 5) is 13.8. The molecule has 2 atom stereocenters. The number of carbonyl (C=O) groups is 1. The fraction of sp³-hybridized carbons (Fsp3) is 0.929. The van der Waals surface area contributed by atoms with Gasteiger partial charge in [0.15, 0.2) is 0 Å². The first-order valence-electron chi connectivity index (χ1n) is 7.33. The van der Waals surface area contributed by atoms with Crippen molar-refractivity contribution in [3.8, 4) is 0 Å². The van der Waals surface area contributed by atoms with Crippen molar-refractivity contribution in [2.75, 3.05) is 20.1 Å². The van der Waals surface area contributed by atoms with E-state index in [0.717, 1.165) is 12.3 Å². The van der Waals surface area contributed by atoms with Gasteiger partial charge in [0.05, 0.1) is 12.1 Å². The van der Waals surface area contributed by atoms with E-state index in [4.69, 9.17) is 0 Å². The zero-order valence-electron chi connectivity index (χ0n) is 11.4. The van der Waals surface area contributed by atoms with E-state index < -0.39 is 6.10 Å². The lowest BCUT2D eigenvalue weighted by molar-refractivity contribution is -0.133. The van der Waals surface area contributed by atoms with Crippen LogP contribution in [0.2, 0.25) is 0 Å². The predicted octanol–water partition coefficient (Wildman–Crippen LogP) is 1.14. The Bertz CT molecular complexity index is 277. The molecule has 1 saturated carbocycles. The Morgan fingerprint density at radius 2 is 2.00 bits per heavy atom. The summed E-state index contributed by atoms with van der Waals surface area (Å²) >= 11 is 0. The van der Waals surface area contributed by atoms with Crippen molar-refractivity contribution in [2.45, 2.75) is 57.1 Å². The number of hydrogen-bond acceptors (Lipinski definition) is 3. The molecule has 4 nitrogen and oxygen atoms in total. The molecule has 0 spiro atoms. The molecular formula is C14H26N2O2. The zero-order chi connectivity index (χ0) is 13.0. The average molecular weight is 254 g/mol. The number of nitrogens with one attached hydrogen (secondary N) is 1. The van der Waals surface area contributed by atoms with Crippen LogP contribution in [0.1, 0.15) is 44.9 Å². The van der Waals surface area contributed by atoms with Crippen molar-refractivity contribution in [2.24, 2.45) is 5.92 Å². The summed E-state index contributed by atoms with van der Waals surface area (Å²) in [5, 5.41) is 12.9. The van der Waals surface area contributed by atoms with E-state index in [2.05, 4.69) is 5.32 Å². The molecule has 0 aromatic carbocycles. The van der Waals surface area contributed by atoms with E-state index in [0.29, 0.717) is 19.5 Å². The molecule has 0 aromatic rings. The molecule has 2 rings (SSSR count). The van der Waals surface area contributed by atoms with E-state index in [1.54, 1.807) is 4.90 Å². The van der Waals surface area contributed by atoms with E-state index in [9.17, 15) is 9.90 Å². The third-order valence-electron chi connectivity index (χ3n) is 4.53. The van der Waals surface area contributed by atoms with E-state index >= 15 is 0 Å². The number of aliphatic hydroxyl groups is 1. The van der Waals surface area contributed by atoms with Gasteiger partial charge in [-0.2, -0.15) is 0 Å². The quantitative estimate of drug-likeness (QED) is 0.791. The molecule has 104 valence electrons. The Kier molecular flexibility index (Phi) is 5.01. The third-order valence-corrected chi connectivity index (χ3v) is 4.53. The fourth-order valence-electron chi connectivity index (χ4n) is 3.21. The Labute approximate surface area is 110 Å². The summed E-state index contributed by atoms with van der Waals surface area (Å²) in [5.74, 6) is 0.941. The van der Waals surface area contributed by atoms with Gasteiger partial charge in [-0.05, 0) is 12.3 Å². The maximum absolute atomic E-state index is 12.1. The van der Waals surface area contributed by atoms with Gasteiger partial charge in [0.25, 0.3) is 0 Å². The highest BCUT2D eigenvalue weighted by Crippen LogP contribution is 2.27. The predicted molar refractivity (Wildman–Crippen MR) is 71.2 cm³/mol. The first-order valence-corrected chi connectivity index (χ1v) is 7.33. The van der Waals surface area contributed by atoms with E-state index in [-0.39, 0.29) is 11.9 Å². The normalized spacial score (nSPS) is 29.4. The molecule has 1 amide bonds. The Morgan fingerprint density at radius 3 is 2.61 bits per heavy atom. The second-order valence-electron chi connectivity index (χ2n) is 5.84. The van der Waals surface area contributed by atoms with Gasteiger partial charge in [-0.1, -0.05) is 32.1 Å². The molecule has 1 saturated heterocycles. The van der Waals surface area contributed by atoms with Crippen molar-refractivity contribution >= 4 is 5.91 Å². The van der Waals surface area contributed by atoms with Crippen LogP contribution in [0.4, 0.5) is 0 Å². The largest absolute Gasteiger partial charge is 0.390 e. The van der Waals surface area contributed by atoms with Gasteiger partial charge < -0.3 is 15.3 Å². The number of hydrogen-bond donors (Lipinski definition) is 2. The van der Waals surface area contributed by atoms with Crippen LogP contribution >= 0.6 is 0 Å². The second-order valence-corrected chi connectivity index (χ2v) is 5.84. The van der Waals surface area contributed by atoms with Crippen molar-refractivity contribution in [1.29, 1.82) is 0 Å². The van der Waals surface area contributed by atoms with Crippen LogP contribution in [0, 0.1) is 5.92 Å². The molecule has 0 bridgehead atoms. The molecular weight excluding hydrogens is 228 g/mol. The SMILES string of the molecule is CN(C(=O)CCC1CCCCC1)[C@H]1CNC[C@@H]1O. The molecule has 18 heavy (non-hydrogen) atoms.